The first-order chi connectivity index (χ1) is 7.75. The van der Waals surface area contributed by atoms with Crippen LogP contribution in [0.25, 0.3) is 11.0 Å². The second kappa shape index (κ2) is 3.64. The molecule has 1 aliphatic rings. The molecule has 1 unspecified atom stereocenters. The summed E-state index contributed by atoms with van der Waals surface area (Å²) >= 11 is 5.88. The van der Waals surface area contributed by atoms with E-state index in [1.54, 1.807) is 16.7 Å². The third kappa shape index (κ3) is 1.45. The molecular formula is C11H11ClN2O2. The number of ether oxygens (including phenoxy) is 1. The Morgan fingerprint density at radius 1 is 1.50 bits per heavy atom. The molecule has 2 aromatic rings. The first-order valence-electron chi connectivity index (χ1n) is 5.27. The second-order valence-corrected chi connectivity index (χ2v) is 4.37. The molecule has 84 valence electrons. The lowest BCUT2D eigenvalue weighted by molar-refractivity contribution is 0.0573. The largest absolute Gasteiger partial charge is 0.358 e. The summed E-state index contributed by atoms with van der Waals surface area (Å²) in [5.74, 6) is 0. The Bertz CT molecular complexity index is 581. The summed E-state index contributed by atoms with van der Waals surface area (Å²) in [6, 6.07) is 5.38. The van der Waals surface area contributed by atoms with Crippen LogP contribution in [0.3, 0.4) is 0 Å². The third-order valence-electron chi connectivity index (χ3n) is 2.87. The highest BCUT2D eigenvalue weighted by molar-refractivity contribution is 6.31. The van der Waals surface area contributed by atoms with Gasteiger partial charge in [-0.1, -0.05) is 11.6 Å². The van der Waals surface area contributed by atoms with Crippen molar-refractivity contribution in [2.75, 3.05) is 6.61 Å². The molecule has 1 N–H and O–H groups in total. The van der Waals surface area contributed by atoms with Gasteiger partial charge in [0.2, 0.25) is 0 Å². The SMILES string of the molecule is O=c1[nH]c2cc(Cl)ccc2n1C1CCCO1. The first kappa shape index (κ1) is 9.93. The topological polar surface area (TPSA) is 47.0 Å². The molecule has 2 heterocycles. The average Bonchev–Trinajstić information content (AvgIpc) is 2.83. The second-order valence-electron chi connectivity index (χ2n) is 3.93. The van der Waals surface area contributed by atoms with Crippen LogP contribution in [0.4, 0.5) is 0 Å². The van der Waals surface area contributed by atoms with Crippen LogP contribution in [0, 0.1) is 0 Å². The van der Waals surface area contributed by atoms with E-state index in [2.05, 4.69) is 4.98 Å². The number of nitrogens with one attached hydrogen (secondary N) is 1. The van der Waals surface area contributed by atoms with Gasteiger partial charge in [0.15, 0.2) is 0 Å². The Morgan fingerprint density at radius 3 is 3.12 bits per heavy atom. The first-order valence-corrected chi connectivity index (χ1v) is 5.65. The molecule has 16 heavy (non-hydrogen) atoms. The molecule has 0 amide bonds. The predicted octanol–water partition coefficient (Wildman–Crippen LogP) is 2.29. The predicted molar refractivity (Wildman–Crippen MR) is 61.8 cm³/mol. The molecule has 1 aromatic carbocycles. The van der Waals surface area contributed by atoms with Crippen LogP contribution in [0.2, 0.25) is 5.02 Å². The molecule has 1 aromatic heterocycles. The average molecular weight is 239 g/mol. The van der Waals surface area contributed by atoms with E-state index in [-0.39, 0.29) is 11.9 Å². The number of hydrogen-bond donors (Lipinski definition) is 1. The van der Waals surface area contributed by atoms with Crippen molar-refractivity contribution < 1.29 is 4.74 Å². The van der Waals surface area contributed by atoms with Crippen molar-refractivity contribution in [1.29, 1.82) is 0 Å². The number of H-pyrrole nitrogens is 1. The Balaban J connectivity index is 2.23. The van der Waals surface area contributed by atoms with Crippen molar-refractivity contribution in [3.8, 4) is 0 Å². The lowest BCUT2D eigenvalue weighted by Gasteiger charge is -2.10. The number of fused-ring (bicyclic) bond motifs is 1. The molecular weight excluding hydrogens is 228 g/mol. The Hall–Kier alpha value is -1.26. The molecule has 1 fully saturated rings. The number of aromatic amines is 1. The summed E-state index contributed by atoms with van der Waals surface area (Å²) in [5.41, 5.74) is 1.47. The van der Waals surface area contributed by atoms with Crippen LogP contribution in [-0.4, -0.2) is 16.2 Å². The Kier molecular flexibility index (Phi) is 2.26. The summed E-state index contributed by atoms with van der Waals surface area (Å²) in [6.45, 7) is 0.720. The lowest BCUT2D eigenvalue weighted by Crippen LogP contribution is -2.21. The minimum atomic E-state index is -0.137. The van der Waals surface area contributed by atoms with Crippen LogP contribution in [0.5, 0.6) is 0 Å². The lowest BCUT2D eigenvalue weighted by atomic mass is 10.3. The maximum absolute atomic E-state index is 11.8. The molecule has 1 atom stereocenters. The maximum Gasteiger partial charge on any atom is 0.328 e. The van der Waals surface area contributed by atoms with Gasteiger partial charge in [0.25, 0.3) is 0 Å². The van der Waals surface area contributed by atoms with Crippen LogP contribution >= 0.6 is 11.6 Å². The van der Waals surface area contributed by atoms with Gasteiger partial charge in [-0.2, -0.15) is 0 Å². The normalized spacial score (nSPS) is 20.7. The highest BCUT2D eigenvalue weighted by atomic mass is 35.5. The maximum atomic E-state index is 11.8. The molecule has 5 heteroatoms. The number of nitrogens with zero attached hydrogens (tertiary/aromatic N) is 1. The molecule has 1 saturated heterocycles. The highest BCUT2D eigenvalue weighted by Gasteiger charge is 2.21. The van der Waals surface area contributed by atoms with Gasteiger partial charge < -0.3 is 9.72 Å². The number of hydrogen-bond acceptors (Lipinski definition) is 2. The van der Waals surface area contributed by atoms with Crippen molar-refractivity contribution in [3.05, 3.63) is 33.7 Å². The van der Waals surface area contributed by atoms with Gasteiger partial charge in [-0.05, 0) is 31.0 Å². The molecule has 3 rings (SSSR count). The molecule has 0 saturated carbocycles. The van der Waals surface area contributed by atoms with E-state index in [1.807, 2.05) is 6.07 Å². The van der Waals surface area contributed by atoms with Gasteiger partial charge in [0, 0.05) is 11.6 Å². The number of aromatic nitrogens is 2. The zero-order chi connectivity index (χ0) is 11.1. The number of rotatable bonds is 1. The van der Waals surface area contributed by atoms with E-state index in [0.717, 1.165) is 30.5 Å². The molecule has 4 nitrogen and oxygen atoms in total. The standard InChI is InChI=1S/C11H11ClN2O2/c12-7-3-4-9-8(6-7)13-11(15)14(9)10-2-1-5-16-10/h3-4,6,10H,1-2,5H2,(H,13,15). The molecule has 0 spiro atoms. The zero-order valence-corrected chi connectivity index (χ0v) is 9.33. The fourth-order valence-electron chi connectivity index (χ4n) is 2.15. The smallest absolute Gasteiger partial charge is 0.328 e. The van der Waals surface area contributed by atoms with E-state index < -0.39 is 0 Å². The minimum absolute atomic E-state index is 0.135. The van der Waals surface area contributed by atoms with Gasteiger partial charge in [-0.15, -0.1) is 0 Å². The Labute approximate surface area is 96.8 Å². The van der Waals surface area contributed by atoms with Crippen molar-refractivity contribution in [2.45, 2.75) is 19.1 Å². The molecule has 0 radical (unpaired) electrons. The fourth-order valence-corrected chi connectivity index (χ4v) is 2.33. The van der Waals surface area contributed by atoms with Crippen LogP contribution < -0.4 is 5.69 Å². The summed E-state index contributed by atoms with van der Waals surface area (Å²) in [5, 5.41) is 0.619. The van der Waals surface area contributed by atoms with Gasteiger partial charge >= 0.3 is 5.69 Å². The summed E-state index contributed by atoms with van der Waals surface area (Å²) < 4.78 is 7.19. The molecule has 1 aliphatic heterocycles. The van der Waals surface area contributed by atoms with Gasteiger partial charge in [-0.3, -0.25) is 4.57 Å². The van der Waals surface area contributed by atoms with E-state index >= 15 is 0 Å². The zero-order valence-electron chi connectivity index (χ0n) is 8.57. The van der Waals surface area contributed by atoms with Crippen LogP contribution in [-0.2, 0) is 4.74 Å². The number of imidazole rings is 1. The van der Waals surface area contributed by atoms with Gasteiger partial charge in [-0.25, -0.2) is 4.79 Å². The Morgan fingerprint density at radius 2 is 2.38 bits per heavy atom. The van der Waals surface area contributed by atoms with Crippen LogP contribution in [0.15, 0.2) is 23.0 Å². The van der Waals surface area contributed by atoms with E-state index in [0.29, 0.717) is 5.02 Å². The van der Waals surface area contributed by atoms with Crippen molar-refractivity contribution in [3.63, 3.8) is 0 Å². The van der Waals surface area contributed by atoms with Gasteiger partial charge in [0.1, 0.15) is 6.23 Å². The monoisotopic (exact) mass is 238 g/mol. The van der Waals surface area contributed by atoms with Crippen molar-refractivity contribution in [2.24, 2.45) is 0 Å². The van der Waals surface area contributed by atoms with Crippen LogP contribution in [0.1, 0.15) is 19.1 Å². The van der Waals surface area contributed by atoms with Crippen molar-refractivity contribution >= 4 is 22.6 Å². The quantitative estimate of drug-likeness (QED) is 0.829. The minimum Gasteiger partial charge on any atom is -0.358 e. The summed E-state index contributed by atoms with van der Waals surface area (Å²) in [4.78, 5) is 14.6. The van der Waals surface area contributed by atoms with E-state index in [1.165, 1.54) is 0 Å². The molecule has 0 bridgehead atoms. The van der Waals surface area contributed by atoms with E-state index in [9.17, 15) is 4.79 Å². The highest BCUT2D eigenvalue weighted by Crippen LogP contribution is 2.26. The number of halogens is 1. The third-order valence-corrected chi connectivity index (χ3v) is 3.11. The summed E-state index contributed by atoms with van der Waals surface area (Å²) in [7, 11) is 0. The summed E-state index contributed by atoms with van der Waals surface area (Å²) in [6.07, 6.45) is 1.75. The van der Waals surface area contributed by atoms with E-state index in [4.69, 9.17) is 16.3 Å². The molecule has 0 aliphatic carbocycles. The van der Waals surface area contributed by atoms with Gasteiger partial charge in [0.05, 0.1) is 11.0 Å². The number of benzene rings is 1. The van der Waals surface area contributed by atoms with Crippen molar-refractivity contribution in [1.82, 2.24) is 9.55 Å². The fraction of sp³-hybridized carbons (Fsp3) is 0.364.